The van der Waals surface area contributed by atoms with Gasteiger partial charge in [-0.25, -0.2) is 4.79 Å². The fraction of sp³-hybridized carbons (Fsp3) is 0.500. The van der Waals surface area contributed by atoms with Crippen molar-refractivity contribution >= 4 is 17.8 Å². The van der Waals surface area contributed by atoms with E-state index in [1.165, 1.54) is 19.3 Å². The van der Waals surface area contributed by atoms with Gasteiger partial charge < -0.3 is 4.74 Å². The highest BCUT2D eigenvalue weighted by Crippen LogP contribution is 2.26. The van der Waals surface area contributed by atoms with Crippen LogP contribution in [0.1, 0.15) is 59.7 Å². The highest BCUT2D eigenvalue weighted by Gasteiger charge is 2.41. The van der Waals surface area contributed by atoms with Gasteiger partial charge in [0, 0.05) is 0 Å². The van der Waals surface area contributed by atoms with Crippen LogP contribution in [0, 0.1) is 5.92 Å². The zero-order valence-corrected chi connectivity index (χ0v) is 13.3. The highest BCUT2D eigenvalue weighted by molar-refractivity contribution is 6.22. The second kappa shape index (κ2) is 6.52. The Morgan fingerprint density at radius 1 is 1.13 bits per heavy atom. The van der Waals surface area contributed by atoms with Crippen molar-refractivity contribution in [3.63, 3.8) is 0 Å². The number of hydrogen-bond acceptors (Lipinski definition) is 4. The third kappa shape index (κ3) is 3.00. The minimum absolute atomic E-state index is 0.351. The Bertz CT molecular complexity index is 599. The molecule has 2 amide bonds. The van der Waals surface area contributed by atoms with E-state index in [1.54, 1.807) is 31.2 Å². The fourth-order valence-electron chi connectivity index (χ4n) is 3.34. The number of carbonyl (C=O) groups is 3. The van der Waals surface area contributed by atoms with Crippen LogP contribution >= 0.6 is 0 Å². The Balaban J connectivity index is 1.64. The lowest BCUT2D eigenvalue weighted by Crippen LogP contribution is -2.44. The predicted octanol–water partition coefficient (Wildman–Crippen LogP) is 2.79. The van der Waals surface area contributed by atoms with E-state index in [9.17, 15) is 14.4 Å². The molecule has 23 heavy (non-hydrogen) atoms. The van der Waals surface area contributed by atoms with E-state index in [4.69, 9.17) is 4.74 Å². The molecular weight excluding hydrogens is 294 g/mol. The van der Waals surface area contributed by atoms with Gasteiger partial charge >= 0.3 is 5.97 Å². The average molecular weight is 315 g/mol. The van der Waals surface area contributed by atoms with E-state index in [-0.39, 0.29) is 0 Å². The molecule has 0 bridgehead atoms. The third-order valence-corrected chi connectivity index (χ3v) is 4.74. The van der Waals surface area contributed by atoms with E-state index in [0.717, 1.165) is 17.7 Å². The number of carbonyl (C=O) groups excluding carboxylic acids is 3. The quantitative estimate of drug-likeness (QED) is 0.633. The van der Waals surface area contributed by atoms with Gasteiger partial charge in [-0.3, -0.25) is 14.5 Å². The molecule has 1 aromatic rings. The molecule has 1 aliphatic heterocycles. The summed E-state index contributed by atoms with van der Waals surface area (Å²) in [7, 11) is 0. The lowest BCUT2D eigenvalue weighted by Gasteiger charge is -2.24. The van der Waals surface area contributed by atoms with Gasteiger partial charge in [0.25, 0.3) is 11.8 Å². The summed E-state index contributed by atoms with van der Waals surface area (Å²) in [5, 5.41) is 0. The van der Waals surface area contributed by atoms with E-state index in [1.807, 2.05) is 0 Å². The first-order valence-corrected chi connectivity index (χ1v) is 8.23. The Morgan fingerprint density at radius 2 is 1.70 bits per heavy atom. The molecule has 0 N–H and O–H groups in total. The highest BCUT2D eigenvalue weighted by atomic mass is 16.5. The number of esters is 1. The smallest absolute Gasteiger partial charge is 0.329 e. The molecule has 5 heteroatoms. The average Bonchev–Trinajstić information content (AvgIpc) is 2.84. The van der Waals surface area contributed by atoms with E-state index in [2.05, 4.69) is 0 Å². The van der Waals surface area contributed by atoms with Crippen LogP contribution in [0.3, 0.4) is 0 Å². The standard InChI is InChI=1S/C18H21NO4/c1-12(18(22)23-11-13-7-3-2-4-8-13)19-16(20)14-9-5-6-10-15(14)17(19)21/h5-6,9-10,12-13H,2-4,7-8,11H2,1H3. The molecule has 0 aromatic heterocycles. The lowest BCUT2D eigenvalue weighted by atomic mass is 9.90. The molecule has 0 radical (unpaired) electrons. The maximum absolute atomic E-state index is 12.4. The van der Waals surface area contributed by atoms with Gasteiger partial charge in [0.05, 0.1) is 17.7 Å². The molecule has 1 aromatic carbocycles. The summed E-state index contributed by atoms with van der Waals surface area (Å²) in [6.45, 7) is 1.93. The van der Waals surface area contributed by atoms with Crippen LogP contribution in [0.15, 0.2) is 24.3 Å². The summed E-state index contributed by atoms with van der Waals surface area (Å²) in [4.78, 5) is 38.0. The van der Waals surface area contributed by atoms with Gasteiger partial charge in [-0.05, 0) is 37.8 Å². The Kier molecular flexibility index (Phi) is 4.46. The van der Waals surface area contributed by atoms with Crippen molar-refractivity contribution < 1.29 is 19.1 Å². The molecular formula is C18H21NO4. The summed E-state index contributed by atoms with van der Waals surface area (Å²) in [5.74, 6) is -0.951. The first-order valence-electron chi connectivity index (χ1n) is 8.23. The number of ether oxygens (including phenoxy) is 1. The van der Waals surface area contributed by atoms with Crippen LogP contribution in [0.25, 0.3) is 0 Å². The summed E-state index contributed by atoms with van der Waals surface area (Å²) < 4.78 is 5.37. The molecule has 0 spiro atoms. The Hall–Kier alpha value is -2.17. The zero-order chi connectivity index (χ0) is 16.4. The molecule has 5 nitrogen and oxygen atoms in total. The third-order valence-electron chi connectivity index (χ3n) is 4.74. The van der Waals surface area contributed by atoms with Gasteiger partial charge in [0.1, 0.15) is 6.04 Å². The van der Waals surface area contributed by atoms with E-state index >= 15 is 0 Å². The molecule has 1 heterocycles. The number of rotatable bonds is 4. The minimum Gasteiger partial charge on any atom is -0.464 e. The van der Waals surface area contributed by atoms with Gasteiger partial charge in [-0.1, -0.05) is 31.4 Å². The second-order valence-corrected chi connectivity index (χ2v) is 6.34. The van der Waals surface area contributed by atoms with Crippen LogP contribution in [-0.4, -0.2) is 35.3 Å². The molecule has 1 unspecified atom stereocenters. The minimum atomic E-state index is -0.897. The maximum atomic E-state index is 12.4. The van der Waals surface area contributed by atoms with E-state index < -0.39 is 23.8 Å². The van der Waals surface area contributed by atoms with Crippen LogP contribution in [-0.2, 0) is 9.53 Å². The van der Waals surface area contributed by atoms with Gasteiger partial charge in [-0.15, -0.1) is 0 Å². The van der Waals surface area contributed by atoms with Crippen molar-refractivity contribution in [2.45, 2.75) is 45.1 Å². The van der Waals surface area contributed by atoms with Crippen LogP contribution in [0.5, 0.6) is 0 Å². The van der Waals surface area contributed by atoms with Crippen molar-refractivity contribution in [2.24, 2.45) is 5.92 Å². The lowest BCUT2D eigenvalue weighted by molar-refractivity contribution is -0.149. The summed E-state index contributed by atoms with van der Waals surface area (Å²) in [6.07, 6.45) is 5.76. The molecule has 122 valence electrons. The topological polar surface area (TPSA) is 63.7 Å². The molecule has 1 saturated carbocycles. The monoisotopic (exact) mass is 315 g/mol. The molecule has 0 saturated heterocycles. The number of hydrogen-bond donors (Lipinski definition) is 0. The van der Waals surface area contributed by atoms with Crippen molar-refractivity contribution in [1.82, 2.24) is 4.90 Å². The van der Waals surface area contributed by atoms with Gasteiger partial charge in [-0.2, -0.15) is 0 Å². The van der Waals surface area contributed by atoms with Gasteiger partial charge in [0.2, 0.25) is 0 Å². The van der Waals surface area contributed by atoms with Crippen LogP contribution in [0.4, 0.5) is 0 Å². The summed E-state index contributed by atoms with van der Waals surface area (Å²) in [6, 6.07) is 5.73. The number of nitrogens with zero attached hydrogens (tertiary/aromatic N) is 1. The Labute approximate surface area is 135 Å². The maximum Gasteiger partial charge on any atom is 0.329 e. The SMILES string of the molecule is CC(C(=O)OCC1CCCCC1)N1C(=O)c2ccccc2C1=O. The summed E-state index contributed by atoms with van der Waals surface area (Å²) in [5.41, 5.74) is 0.703. The van der Waals surface area contributed by atoms with E-state index in [0.29, 0.717) is 23.7 Å². The fourth-order valence-corrected chi connectivity index (χ4v) is 3.34. The van der Waals surface area contributed by atoms with Gasteiger partial charge in [0.15, 0.2) is 0 Å². The number of imide groups is 1. The predicted molar refractivity (Wildman–Crippen MR) is 83.9 cm³/mol. The van der Waals surface area contributed by atoms with Crippen molar-refractivity contribution in [2.75, 3.05) is 6.61 Å². The van der Waals surface area contributed by atoms with Crippen LogP contribution in [0.2, 0.25) is 0 Å². The normalized spacial score (nSPS) is 19.6. The Morgan fingerprint density at radius 3 is 2.26 bits per heavy atom. The van der Waals surface area contributed by atoms with Crippen LogP contribution < -0.4 is 0 Å². The molecule has 3 rings (SSSR count). The van der Waals surface area contributed by atoms with Crippen molar-refractivity contribution in [3.8, 4) is 0 Å². The first-order chi connectivity index (χ1) is 11.1. The number of amides is 2. The van der Waals surface area contributed by atoms with Crippen molar-refractivity contribution in [1.29, 1.82) is 0 Å². The van der Waals surface area contributed by atoms with Crippen molar-refractivity contribution in [3.05, 3.63) is 35.4 Å². The second-order valence-electron chi connectivity index (χ2n) is 6.34. The first kappa shape index (κ1) is 15.7. The number of fused-ring (bicyclic) bond motifs is 1. The zero-order valence-electron chi connectivity index (χ0n) is 13.3. The molecule has 1 aliphatic carbocycles. The molecule has 1 fully saturated rings. The molecule has 2 aliphatic rings. The largest absolute Gasteiger partial charge is 0.464 e. The number of benzene rings is 1. The summed E-state index contributed by atoms with van der Waals surface area (Å²) >= 11 is 0. The molecule has 1 atom stereocenters.